The summed E-state index contributed by atoms with van der Waals surface area (Å²) < 4.78 is 25.8. The molecular formula is C21H27N3O3S. The summed E-state index contributed by atoms with van der Waals surface area (Å²) in [4.78, 5) is 15.0. The van der Waals surface area contributed by atoms with Gasteiger partial charge in [0.2, 0.25) is 10.0 Å². The Balaban J connectivity index is 1.51. The lowest BCUT2D eigenvalue weighted by Gasteiger charge is -2.32. The normalized spacial score (nSPS) is 18.0. The van der Waals surface area contributed by atoms with Crippen LogP contribution in [0.5, 0.6) is 0 Å². The molecule has 0 saturated carbocycles. The minimum atomic E-state index is -3.49. The van der Waals surface area contributed by atoms with Crippen LogP contribution in [0.3, 0.4) is 0 Å². The van der Waals surface area contributed by atoms with Crippen LogP contribution in [0, 0.1) is 5.92 Å². The lowest BCUT2D eigenvalue weighted by atomic mass is 9.97. The van der Waals surface area contributed by atoms with Gasteiger partial charge in [-0.25, -0.2) is 13.1 Å². The Morgan fingerprint density at radius 2 is 1.82 bits per heavy atom. The zero-order chi connectivity index (χ0) is 20.0. The standard InChI is InChI=1S/C21H27N3O3S/c1-22-28(26,27)20-11-9-19(10-12-20)21(25)23-14-18-8-5-13-24(16-18)15-17-6-3-2-4-7-17/h2-4,6-7,9-12,18,22H,5,8,13-16H2,1H3,(H,23,25). The van der Waals surface area contributed by atoms with Gasteiger partial charge >= 0.3 is 0 Å². The summed E-state index contributed by atoms with van der Waals surface area (Å²) in [5, 5.41) is 2.99. The van der Waals surface area contributed by atoms with Gasteiger partial charge in [-0.2, -0.15) is 0 Å². The number of rotatable bonds is 7. The van der Waals surface area contributed by atoms with Crippen LogP contribution < -0.4 is 10.0 Å². The Bertz CT molecular complexity index is 883. The van der Waals surface area contributed by atoms with Gasteiger partial charge in [-0.05, 0) is 62.2 Å². The Morgan fingerprint density at radius 3 is 2.50 bits per heavy atom. The molecule has 1 atom stereocenters. The number of benzene rings is 2. The first-order valence-corrected chi connectivity index (χ1v) is 11.0. The largest absolute Gasteiger partial charge is 0.352 e. The van der Waals surface area contributed by atoms with Crippen molar-refractivity contribution in [1.82, 2.24) is 14.9 Å². The molecule has 1 saturated heterocycles. The zero-order valence-electron chi connectivity index (χ0n) is 16.1. The number of hydrogen-bond donors (Lipinski definition) is 2. The maximum Gasteiger partial charge on any atom is 0.251 e. The van der Waals surface area contributed by atoms with E-state index in [2.05, 4.69) is 39.2 Å². The van der Waals surface area contributed by atoms with Crippen LogP contribution in [0.1, 0.15) is 28.8 Å². The van der Waals surface area contributed by atoms with Crippen molar-refractivity contribution in [2.45, 2.75) is 24.3 Å². The van der Waals surface area contributed by atoms with Gasteiger partial charge in [-0.1, -0.05) is 30.3 Å². The topological polar surface area (TPSA) is 78.5 Å². The Hall–Kier alpha value is -2.22. The molecule has 0 spiro atoms. The van der Waals surface area contributed by atoms with Gasteiger partial charge in [0.15, 0.2) is 0 Å². The lowest BCUT2D eigenvalue weighted by Crippen LogP contribution is -2.40. The summed E-state index contributed by atoms with van der Waals surface area (Å²) in [5.41, 5.74) is 1.77. The molecule has 7 heteroatoms. The fourth-order valence-corrected chi connectivity index (χ4v) is 4.28. The van der Waals surface area contributed by atoms with E-state index in [0.717, 1.165) is 32.5 Å². The Labute approximate surface area is 167 Å². The van der Waals surface area contributed by atoms with Gasteiger partial charge in [-0.3, -0.25) is 9.69 Å². The third kappa shape index (κ3) is 5.41. The van der Waals surface area contributed by atoms with Crippen LogP contribution in [0.25, 0.3) is 0 Å². The number of nitrogens with zero attached hydrogens (tertiary/aromatic N) is 1. The van der Waals surface area contributed by atoms with Crippen LogP contribution in [0.15, 0.2) is 59.5 Å². The smallest absolute Gasteiger partial charge is 0.251 e. The number of nitrogens with one attached hydrogen (secondary N) is 2. The molecular weight excluding hydrogens is 374 g/mol. The van der Waals surface area contributed by atoms with Crippen molar-refractivity contribution in [1.29, 1.82) is 0 Å². The van der Waals surface area contributed by atoms with Crippen molar-refractivity contribution in [3.05, 3.63) is 65.7 Å². The van der Waals surface area contributed by atoms with E-state index in [-0.39, 0.29) is 10.8 Å². The molecule has 1 aliphatic heterocycles. The Morgan fingerprint density at radius 1 is 1.11 bits per heavy atom. The molecule has 150 valence electrons. The molecule has 3 rings (SSSR count). The SMILES string of the molecule is CNS(=O)(=O)c1ccc(C(=O)NCC2CCCN(Cc3ccccc3)C2)cc1. The molecule has 1 fully saturated rings. The molecule has 6 nitrogen and oxygen atoms in total. The van der Waals surface area contributed by atoms with E-state index >= 15 is 0 Å². The second-order valence-corrected chi connectivity index (χ2v) is 9.06. The van der Waals surface area contributed by atoms with Gasteiger partial charge in [0.1, 0.15) is 0 Å². The van der Waals surface area contributed by atoms with Gasteiger partial charge in [-0.15, -0.1) is 0 Å². The molecule has 0 bridgehead atoms. The minimum Gasteiger partial charge on any atom is -0.352 e. The number of carbonyl (C=O) groups excluding carboxylic acids is 1. The van der Waals surface area contributed by atoms with E-state index < -0.39 is 10.0 Å². The fourth-order valence-electron chi connectivity index (χ4n) is 3.55. The molecule has 28 heavy (non-hydrogen) atoms. The van der Waals surface area contributed by atoms with Crippen LogP contribution >= 0.6 is 0 Å². The molecule has 2 aromatic rings. The molecule has 0 aliphatic carbocycles. The summed E-state index contributed by atoms with van der Waals surface area (Å²) in [6.45, 7) is 3.61. The van der Waals surface area contributed by atoms with E-state index in [0.29, 0.717) is 18.0 Å². The number of likely N-dealkylation sites (tertiary alicyclic amines) is 1. The average molecular weight is 402 g/mol. The van der Waals surface area contributed by atoms with E-state index in [1.165, 1.54) is 24.7 Å². The summed E-state index contributed by atoms with van der Waals surface area (Å²) in [5.74, 6) is 0.249. The quantitative estimate of drug-likeness (QED) is 0.746. The molecule has 0 radical (unpaired) electrons. The second-order valence-electron chi connectivity index (χ2n) is 7.17. The predicted molar refractivity (Wildman–Crippen MR) is 109 cm³/mol. The third-order valence-corrected chi connectivity index (χ3v) is 6.53. The first-order valence-electron chi connectivity index (χ1n) is 9.56. The summed E-state index contributed by atoms with van der Waals surface area (Å²) in [6, 6.07) is 16.4. The number of amides is 1. The second kappa shape index (κ2) is 9.32. The first-order chi connectivity index (χ1) is 13.5. The van der Waals surface area contributed by atoms with Gasteiger partial charge in [0, 0.05) is 25.2 Å². The monoisotopic (exact) mass is 401 g/mol. The van der Waals surface area contributed by atoms with Crippen molar-refractivity contribution in [3.8, 4) is 0 Å². The molecule has 1 heterocycles. The summed E-state index contributed by atoms with van der Waals surface area (Å²) in [6.07, 6.45) is 2.23. The van der Waals surface area contributed by atoms with Crippen LogP contribution in [0.2, 0.25) is 0 Å². The van der Waals surface area contributed by atoms with Crippen LogP contribution in [0.4, 0.5) is 0 Å². The van der Waals surface area contributed by atoms with E-state index in [1.807, 2.05) is 6.07 Å². The van der Waals surface area contributed by atoms with Crippen LogP contribution in [-0.4, -0.2) is 45.9 Å². The Kier molecular flexibility index (Phi) is 6.83. The fraction of sp³-hybridized carbons (Fsp3) is 0.381. The zero-order valence-corrected chi connectivity index (χ0v) is 16.9. The van der Waals surface area contributed by atoms with Gasteiger partial charge in [0.25, 0.3) is 5.91 Å². The number of hydrogen-bond acceptors (Lipinski definition) is 4. The van der Waals surface area contributed by atoms with Gasteiger partial charge in [0.05, 0.1) is 4.90 Å². The molecule has 2 aromatic carbocycles. The van der Waals surface area contributed by atoms with E-state index in [1.54, 1.807) is 12.1 Å². The van der Waals surface area contributed by atoms with Crippen molar-refractivity contribution < 1.29 is 13.2 Å². The maximum absolute atomic E-state index is 12.4. The summed E-state index contributed by atoms with van der Waals surface area (Å²) >= 11 is 0. The molecule has 1 unspecified atom stereocenters. The third-order valence-electron chi connectivity index (χ3n) is 5.10. The lowest BCUT2D eigenvalue weighted by molar-refractivity contribution is 0.0930. The highest BCUT2D eigenvalue weighted by Gasteiger charge is 2.21. The molecule has 0 aromatic heterocycles. The molecule has 2 N–H and O–H groups in total. The maximum atomic E-state index is 12.4. The number of piperidine rings is 1. The van der Waals surface area contributed by atoms with E-state index in [9.17, 15) is 13.2 Å². The summed E-state index contributed by atoms with van der Waals surface area (Å²) in [7, 11) is -2.13. The highest BCUT2D eigenvalue weighted by atomic mass is 32.2. The highest BCUT2D eigenvalue weighted by molar-refractivity contribution is 7.89. The van der Waals surface area contributed by atoms with E-state index in [4.69, 9.17) is 0 Å². The highest BCUT2D eigenvalue weighted by Crippen LogP contribution is 2.18. The first kappa shape index (κ1) is 20.5. The van der Waals surface area contributed by atoms with Crippen molar-refractivity contribution in [3.63, 3.8) is 0 Å². The van der Waals surface area contributed by atoms with Crippen molar-refractivity contribution >= 4 is 15.9 Å². The van der Waals surface area contributed by atoms with Crippen LogP contribution in [-0.2, 0) is 16.6 Å². The minimum absolute atomic E-state index is 0.149. The van der Waals surface area contributed by atoms with Crippen molar-refractivity contribution in [2.75, 3.05) is 26.7 Å². The van der Waals surface area contributed by atoms with Gasteiger partial charge < -0.3 is 5.32 Å². The number of carbonyl (C=O) groups is 1. The average Bonchev–Trinajstić information content (AvgIpc) is 2.73. The number of sulfonamides is 1. The predicted octanol–water partition coefficient (Wildman–Crippen LogP) is 2.24. The molecule has 1 amide bonds. The molecule has 1 aliphatic rings. The van der Waals surface area contributed by atoms with Crippen molar-refractivity contribution in [2.24, 2.45) is 5.92 Å².